The van der Waals surface area contributed by atoms with Crippen molar-refractivity contribution in [2.45, 2.75) is 43.8 Å². The van der Waals surface area contributed by atoms with E-state index in [4.69, 9.17) is 9.47 Å². The molecule has 1 aliphatic rings. The van der Waals surface area contributed by atoms with E-state index in [0.29, 0.717) is 18.8 Å². The van der Waals surface area contributed by atoms with Gasteiger partial charge in [-0.3, -0.25) is 4.79 Å². The van der Waals surface area contributed by atoms with Crippen LogP contribution in [0.2, 0.25) is 0 Å². The van der Waals surface area contributed by atoms with Gasteiger partial charge >= 0.3 is 0 Å². The van der Waals surface area contributed by atoms with E-state index in [-0.39, 0.29) is 11.0 Å². The van der Waals surface area contributed by atoms with Crippen molar-refractivity contribution in [2.24, 2.45) is 0 Å². The topological polar surface area (TPSA) is 81.7 Å². The fourth-order valence-electron chi connectivity index (χ4n) is 2.23. The molecule has 6 nitrogen and oxygen atoms in total. The first-order valence-electron chi connectivity index (χ1n) is 7.25. The third kappa shape index (κ3) is 4.28. The average Bonchev–Trinajstić information content (AvgIpc) is 2.97. The Balaban J connectivity index is 1.93. The van der Waals surface area contributed by atoms with Gasteiger partial charge in [-0.05, 0) is 38.3 Å². The van der Waals surface area contributed by atoms with Gasteiger partial charge in [0.1, 0.15) is 6.10 Å². The molecule has 2 atom stereocenters. The molecule has 1 aromatic carbocycles. The van der Waals surface area contributed by atoms with Gasteiger partial charge in [0.25, 0.3) is 15.9 Å². The molecule has 0 aliphatic carbocycles. The summed E-state index contributed by atoms with van der Waals surface area (Å²) >= 11 is 0. The van der Waals surface area contributed by atoms with Crippen LogP contribution in [0.15, 0.2) is 29.2 Å². The van der Waals surface area contributed by atoms with Crippen molar-refractivity contribution >= 4 is 15.9 Å². The Morgan fingerprint density at radius 3 is 2.82 bits per heavy atom. The van der Waals surface area contributed by atoms with Crippen molar-refractivity contribution in [3.63, 3.8) is 0 Å². The standard InChI is InChI=1S/C15H21NO5S/c1-11-6-3-4-8-14(11)22(18,19)16-15(17)12(2)21-10-13-7-5-9-20-13/h3-4,6,8,12-13H,5,7,9-10H2,1-2H3,(H,16,17). The highest BCUT2D eigenvalue weighted by molar-refractivity contribution is 7.90. The Hall–Kier alpha value is -1.44. The van der Waals surface area contributed by atoms with E-state index < -0.39 is 22.0 Å². The lowest BCUT2D eigenvalue weighted by Crippen LogP contribution is -2.39. The van der Waals surface area contributed by atoms with Gasteiger partial charge in [-0.15, -0.1) is 0 Å². The summed E-state index contributed by atoms with van der Waals surface area (Å²) in [6.07, 6.45) is 1.01. The molecule has 1 heterocycles. The zero-order valence-electron chi connectivity index (χ0n) is 12.7. The number of nitrogens with one attached hydrogen (secondary N) is 1. The second-order valence-corrected chi connectivity index (χ2v) is 7.00. The number of hydrogen-bond acceptors (Lipinski definition) is 5. The second-order valence-electron chi connectivity index (χ2n) is 5.35. The predicted molar refractivity (Wildman–Crippen MR) is 80.9 cm³/mol. The molecule has 2 unspecified atom stereocenters. The molecule has 0 spiro atoms. The third-order valence-electron chi connectivity index (χ3n) is 3.54. The molecular formula is C15H21NO5S. The Morgan fingerprint density at radius 2 is 2.18 bits per heavy atom. The van der Waals surface area contributed by atoms with E-state index in [2.05, 4.69) is 4.72 Å². The molecule has 2 rings (SSSR count). The number of carbonyl (C=O) groups excluding carboxylic acids is 1. The molecule has 1 fully saturated rings. The summed E-state index contributed by atoms with van der Waals surface area (Å²) < 4.78 is 37.3. The van der Waals surface area contributed by atoms with Crippen LogP contribution in [-0.4, -0.2) is 39.7 Å². The molecule has 0 radical (unpaired) electrons. The summed E-state index contributed by atoms with van der Waals surface area (Å²) in [6.45, 7) is 4.20. The highest BCUT2D eigenvalue weighted by atomic mass is 32.2. The van der Waals surface area contributed by atoms with Crippen LogP contribution in [0.1, 0.15) is 25.3 Å². The minimum atomic E-state index is -3.88. The van der Waals surface area contributed by atoms with E-state index in [1.807, 2.05) is 0 Å². The van der Waals surface area contributed by atoms with Crippen molar-refractivity contribution in [1.29, 1.82) is 0 Å². The maximum Gasteiger partial charge on any atom is 0.264 e. The summed E-state index contributed by atoms with van der Waals surface area (Å²) in [6, 6.07) is 6.49. The van der Waals surface area contributed by atoms with Gasteiger partial charge in [-0.1, -0.05) is 18.2 Å². The quantitative estimate of drug-likeness (QED) is 0.854. The molecule has 0 saturated carbocycles. The third-order valence-corrected chi connectivity index (χ3v) is 5.05. The Morgan fingerprint density at radius 1 is 1.45 bits per heavy atom. The zero-order chi connectivity index (χ0) is 16.2. The Kier molecular flexibility index (Phi) is 5.55. The highest BCUT2D eigenvalue weighted by Gasteiger charge is 2.25. The lowest BCUT2D eigenvalue weighted by atomic mass is 10.2. The normalized spacial score (nSPS) is 19.8. The van der Waals surface area contributed by atoms with Crippen LogP contribution in [0.4, 0.5) is 0 Å². The number of benzene rings is 1. The van der Waals surface area contributed by atoms with Crippen molar-refractivity contribution in [2.75, 3.05) is 13.2 Å². The van der Waals surface area contributed by atoms with Crippen LogP contribution in [0.5, 0.6) is 0 Å². The molecule has 22 heavy (non-hydrogen) atoms. The predicted octanol–water partition coefficient (Wildman–Crippen LogP) is 1.38. The first-order chi connectivity index (χ1) is 10.4. The number of carbonyl (C=O) groups is 1. The van der Waals surface area contributed by atoms with E-state index >= 15 is 0 Å². The number of amides is 1. The monoisotopic (exact) mass is 327 g/mol. The number of aryl methyl sites for hydroxylation is 1. The van der Waals surface area contributed by atoms with Crippen LogP contribution in [0, 0.1) is 6.92 Å². The van der Waals surface area contributed by atoms with Gasteiger partial charge in [-0.25, -0.2) is 13.1 Å². The van der Waals surface area contributed by atoms with Crippen molar-refractivity contribution < 1.29 is 22.7 Å². The first-order valence-corrected chi connectivity index (χ1v) is 8.74. The van der Waals surface area contributed by atoms with E-state index in [1.54, 1.807) is 25.1 Å². The van der Waals surface area contributed by atoms with E-state index in [9.17, 15) is 13.2 Å². The number of sulfonamides is 1. The largest absolute Gasteiger partial charge is 0.376 e. The average molecular weight is 327 g/mol. The van der Waals surface area contributed by atoms with Gasteiger partial charge in [0, 0.05) is 6.61 Å². The minimum absolute atomic E-state index is 0.0109. The fraction of sp³-hybridized carbons (Fsp3) is 0.533. The summed E-state index contributed by atoms with van der Waals surface area (Å²) in [5, 5.41) is 0. The molecule has 1 aliphatic heterocycles. The number of hydrogen-bond donors (Lipinski definition) is 1. The van der Waals surface area contributed by atoms with Crippen LogP contribution < -0.4 is 4.72 Å². The lowest BCUT2D eigenvalue weighted by molar-refractivity contribution is -0.131. The van der Waals surface area contributed by atoms with Crippen molar-refractivity contribution in [3.8, 4) is 0 Å². The highest BCUT2D eigenvalue weighted by Crippen LogP contribution is 2.15. The van der Waals surface area contributed by atoms with Gasteiger partial charge in [0.05, 0.1) is 17.6 Å². The zero-order valence-corrected chi connectivity index (χ0v) is 13.6. The first kappa shape index (κ1) is 16.9. The second kappa shape index (κ2) is 7.21. The smallest absolute Gasteiger partial charge is 0.264 e. The molecular weight excluding hydrogens is 306 g/mol. The number of rotatable bonds is 6. The molecule has 122 valence electrons. The van der Waals surface area contributed by atoms with Gasteiger partial charge in [0.2, 0.25) is 0 Å². The van der Waals surface area contributed by atoms with Crippen LogP contribution in [0.3, 0.4) is 0 Å². The molecule has 7 heteroatoms. The SMILES string of the molecule is Cc1ccccc1S(=O)(=O)NC(=O)C(C)OCC1CCCO1. The minimum Gasteiger partial charge on any atom is -0.376 e. The van der Waals surface area contributed by atoms with Crippen molar-refractivity contribution in [3.05, 3.63) is 29.8 Å². The summed E-state index contributed by atoms with van der Waals surface area (Å²) in [5.41, 5.74) is 0.579. The Labute approximate surface area is 130 Å². The lowest BCUT2D eigenvalue weighted by Gasteiger charge is -2.16. The summed E-state index contributed by atoms with van der Waals surface area (Å²) in [5.74, 6) is -0.679. The van der Waals surface area contributed by atoms with Gasteiger partial charge < -0.3 is 9.47 Å². The summed E-state index contributed by atoms with van der Waals surface area (Å²) in [4.78, 5) is 12.1. The number of ether oxygens (including phenoxy) is 2. The molecule has 1 N–H and O–H groups in total. The van der Waals surface area contributed by atoms with Crippen LogP contribution in [0.25, 0.3) is 0 Å². The van der Waals surface area contributed by atoms with E-state index in [1.165, 1.54) is 13.0 Å². The van der Waals surface area contributed by atoms with Crippen LogP contribution in [-0.2, 0) is 24.3 Å². The van der Waals surface area contributed by atoms with Gasteiger partial charge in [-0.2, -0.15) is 0 Å². The summed E-state index contributed by atoms with van der Waals surface area (Å²) in [7, 11) is -3.88. The molecule has 1 amide bonds. The molecule has 0 bridgehead atoms. The van der Waals surface area contributed by atoms with Gasteiger partial charge in [0.15, 0.2) is 0 Å². The molecule has 0 aromatic heterocycles. The maximum absolute atomic E-state index is 12.2. The fourth-order valence-corrected chi connectivity index (χ4v) is 3.52. The Bertz CT molecular complexity index is 623. The maximum atomic E-state index is 12.2. The molecule has 1 saturated heterocycles. The van der Waals surface area contributed by atoms with E-state index in [0.717, 1.165) is 12.8 Å². The van der Waals surface area contributed by atoms with Crippen molar-refractivity contribution in [1.82, 2.24) is 4.72 Å². The van der Waals surface area contributed by atoms with Crippen LogP contribution >= 0.6 is 0 Å². The molecule has 1 aromatic rings.